The maximum Gasteiger partial charge on any atom is 0.208 e. The van der Waals surface area contributed by atoms with Crippen molar-refractivity contribution < 1.29 is 14.6 Å². The molecule has 31 heavy (non-hydrogen) atoms. The lowest BCUT2D eigenvalue weighted by Crippen LogP contribution is -2.23. The third kappa shape index (κ3) is 3.77. The molecule has 2 N–H and O–H groups in total. The summed E-state index contributed by atoms with van der Waals surface area (Å²) in [6, 6.07) is 1.92. The van der Waals surface area contributed by atoms with Gasteiger partial charge in [-0.25, -0.2) is 9.97 Å². The third-order valence-corrected chi connectivity index (χ3v) is 6.96. The minimum absolute atomic E-state index is 0.0225. The molecule has 8 nitrogen and oxygen atoms in total. The zero-order valence-electron chi connectivity index (χ0n) is 17.2. The van der Waals surface area contributed by atoms with Crippen LogP contribution in [0.1, 0.15) is 51.0 Å². The lowest BCUT2D eigenvalue weighted by Gasteiger charge is -2.24. The highest BCUT2D eigenvalue weighted by molar-refractivity contribution is 7.12. The maximum absolute atomic E-state index is 13.3. The zero-order chi connectivity index (χ0) is 21.5. The Balaban J connectivity index is 1.39. The van der Waals surface area contributed by atoms with E-state index in [0.29, 0.717) is 29.3 Å². The largest absolute Gasteiger partial charge is 0.393 e. The number of carbonyl (C=O) groups excluding carboxylic acids is 1. The Hall–Kier alpha value is -2.62. The minimum Gasteiger partial charge on any atom is -0.393 e. The molecule has 0 spiro atoms. The molecular weight excluding hydrogens is 414 g/mol. The molecular formula is C22H24N5O3S. The van der Waals surface area contributed by atoms with Crippen molar-refractivity contribution >= 4 is 22.9 Å². The van der Waals surface area contributed by atoms with Crippen LogP contribution < -0.4 is 5.32 Å². The van der Waals surface area contributed by atoms with Crippen molar-refractivity contribution in [2.45, 2.75) is 44.6 Å². The number of hydrogen-bond acceptors (Lipinski definition) is 8. The van der Waals surface area contributed by atoms with E-state index in [4.69, 9.17) is 4.74 Å². The predicted octanol–water partition coefficient (Wildman–Crippen LogP) is 2.78. The quantitative estimate of drug-likeness (QED) is 0.591. The van der Waals surface area contributed by atoms with Gasteiger partial charge in [-0.1, -0.05) is 0 Å². The molecule has 0 amide bonds. The Bertz CT molecular complexity index is 1100. The fourth-order valence-corrected chi connectivity index (χ4v) is 5.24. The van der Waals surface area contributed by atoms with Gasteiger partial charge in [0.15, 0.2) is 0 Å². The van der Waals surface area contributed by atoms with E-state index in [2.05, 4.69) is 27.3 Å². The number of nitrogens with one attached hydrogen (secondary N) is 1. The predicted molar refractivity (Wildman–Crippen MR) is 116 cm³/mol. The van der Waals surface area contributed by atoms with E-state index in [1.54, 1.807) is 6.20 Å². The zero-order valence-corrected chi connectivity index (χ0v) is 18.0. The number of ketones is 1. The molecule has 3 aromatic rings. The molecule has 2 aliphatic rings. The first kappa shape index (κ1) is 20.3. The van der Waals surface area contributed by atoms with Crippen LogP contribution in [0.25, 0.3) is 0 Å². The van der Waals surface area contributed by atoms with Crippen molar-refractivity contribution in [1.29, 1.82) is 0 Å². The molecule has 1 aliphatic heterocycles. The number of rotatable bonds is 5. The highest BCUT2D eigenvalue weighted by atomic mass is 32.1. The summed E-state index contributed by atoms with van der Waals surface area (Å²) in [5.74, 6) is 0.333. The van der Waals surface area contributed by atoms with Gasteiger partial charge in [0.2, 0.25) is 5.78 Å². The van der Waals surface area contributed by atoms with Crippen molar-refractivity contribution in [1.82, 2.24) is 19.7 Å². The van der Waals surface area contributed by atoms with E-state index < -0.39 is 6.10 Å². The van der Waals surface area contributed by atoms with Crippen molar-refractivity contribution in [2.75, 3.05) is 11.9 Å². The first-order valence-corrected chi connectivity index (χ1v) is 11.2. The summed E-state index contributed by atoms with van der Waals surface area (Å²) in [5.41, 5.74) is 3.48. The smallest absolute Gasteiger partial charge is 0.208 e. The Labute approximate surface area is 184 Å². The standard InChI is InChI=1S/C22H24N5O3S/c1-12-5-15(7-17(12)28)26-22-16(9-23-11-24-22)20(29)18-6-14(10-31-18)21-19-13(2)8-25-27(19)3-4-30-21/h6,8-12,15,17,21,28H,1,3-5,7H2,2H3,(H,23,24,26)/t12-,15-,17+,21-/m1/s1. The van der Waals surface area contributed by atoms with Crippen LogP contribution >= 0.6 is 11.3 Å². The molecule has 3 aromatic heterocycles. The average molecular weight is 439 g/mol. The number of aryl methyl sites for hydroxylation is 1. The molecule has 161 valence electrons. The number of carbonyl (C=O) groups is 1. The maximum atomic E-state index is 13.3. The van der Waals surface area contributed by atoms with Crippen LogP contribution in [0, 0.1) is 19.8 Å². The van der Waals surface area contributed by atoms with Gasteiger partial charge in [0, 0.05) is 12.2 Å². The number of nitrogens with zero attached hydrogens (tertiary/aromatic N) is 4. The fourth-order valence-electron chi connectivity index (χ4n) is 4.36. The molecule has 5 rings (SSSR count). The number of hydrogen-bond donors (Lipinski definition) is 2. The molecule has 1 aliphatic carbocycles. The number of anilines is 1. The molecule has 4 atom stereocenters. The van der Waals surface area contributed by atoms with Crippen molar-refractivity contribution in [3.8, 4) is 0 Å². The van der Waals surface area contributed by atoms with Gasteiger partial charge in [-0.05, 0) is 55.2 Å². The van der Waals surface area contributed by atoms with E-state index in [1.807, 2.05) is 29.2 Å². The Morgan fingerprint density at radius 2 is 2.26 bits per heavy atom. The summed E-state index contributed by atoms with van der Waals surface area (Å²) in [4.78, 5) is 22.3. The Morgan fingerprint density at radius 3 is 3.06 bits per heavy atom. The molecule has 0 bridgehead atoms. The minimum atomic E-state index is -0.439. The fraction of sp³-hybridized carbons (Fsp3) is 0.409. The molecule has 1 saturated carbocycles. The van der Waals surface area contributed by atoms with Crippen LogP contribution in [-0.4, -0.2) is 49.4 Å². The summed E-state index contributed by atoms with van der Waals surface area (Å²) < 4.78 is 8.00. The van der Waals surface area contributed by atoms with E-state index in [1.165, 1.54) is 17.7 Å². The van der Waals surface area contributed by atoms with Gasteiger partial charge in [0.1, 0.15) is 18.2 Å². The number of aromatic nitrogens is 4. The number of aliphatic hydroxyl groups excluding tert-OH is 1. The van der Waals surface area contributed by atoms with E-state index in [-0.39, 0.29) is 23.8 Å². The summed E-state index contributed by atoms with van der Waals surface area (Å²) in [6.07, 6.45) is 5.46. The molecule has 0 unspecified atom stereocenters. The molecule has 4 heterocycles. The first-order valence-electron chi connectivity index (χ1n) is 10.4. The summed E-state index contributed by atoms with van der Waals surface area (Å²) in [6.45, 7) is 7.31. The molecule has 0 aromatic carbocycles. The number of fused-ring (bicyclic) bond motifs is 1. The SMILES string of the molecule is [CH2][C@@H]1C[C@@H](Nc2ncncc2C(=O)c2cc([C@H]3OCCn4ncc(C)c43)cs2)C[C@@H]1O. The van der Waals surface area contributed by atoms with E-state index in [9.17, 15) is 9.90 Å². The summed E-state index contributed by atoms with van der Waals surface area (Å²) >= 11 is 1.39. The highest BCUT2D eigenvalue weighted by Crippen LogP contribution is 2.35. The van der Waals surface area contributed by atoms with Crippen LogP contribution in [0.3, 0.4) is 0 Å². The second kappa shape index (κ2) is 8.14. The number of aliphatic hydroxyl groups is 1. The molecule has 1 radical (unpaired) electrons. The lowest BCUT2D eigenvalue weighted by molar-refractivity contribution is 0.0420. The second-order valence-corrected chi connectivity index (χ2v) is 9.10. The lowest BCUT2D eigenvalue weighted by atomic mass is 10.0. The van der Waals surface area contributed by atoms with Gasteiger partial charge in [0.25, 0.3) is 0 Å². The van der Waals surface area contributed by atoms with Crippen LogP contribution in [0.15, 0.2) is 30.2 Å². The van der Waals surface area contributed by atoms with Gasteiger partial charge in [0.05, 0.1) is 41.6 Å². The van der Waals surface area contributed by atoms with Gasteiger partial charge in [-0.15, -0.1) is 11.3 Å². The van der Waals surface area contributed by atoms with E-state index in [0.717, 1.165) is 29.8 Å². The van der Waals surface area contributed by atoms with Crippen LogP contribution in [0.4, 0.5) is 5.82 Å². The third-order valence-electron chi connectivity index (χ3n) is 6.01. The molecule has 9 heteroatoms. The first-order chi connectivity index (χ1) is 15.0. The molecule has 1 fully saturated rings. The van der Waals surface area contributed by atoms with Crippen LogP contribution in [0.2, 0.25) is 0 Å². The normalized spacial score (nSPS) is 25.4. The molecule has 0 saturated heterocycles. The van der Waals surface area contributed by atoms with Gasteiger partial charge in [-0.2, -0.15) is 5.10 Å². The Kier molecular flexibility index (Phi) is 5.33. The van der Waals surface area contributed by atoms with Crippen molar-refractivity contribution in [3.05, 3.63) is 64.4 Å². The van der Waals surface area contributed by atoms with Gasteiger partial charge < -0.3 is 15.2 Å². The highest BCUT2D eigenvalue weighted by Gasteiger charge is 2.31. The van der Waals surface area contributed by atoms with Gasteiger partial charge >= 0.3 is 0 Å². The average Bonchev–Trinajstić information content (AvgIpc) is 3.48. The van der Waals surface area contributed by atoms with Crippen LogP contribution in [0.5, 0.6) is 0 Å². The number of ether oxygens (including phenoxy) is 1. The Morgan fingerprint density at radius 1 is 1.39 bits per heavy atom. The second-order valence-electron chi connectivity index (χ2n) is 8.19. The summed E-state index contributed by atoms with van der Waals surface area (Å²) in [7, 11) is 0. The monoisotopic (exact) mass is 438 g/mol. The van der Waals surface area contributed by atoms with Crippen LogP contribution in [-0.2, 0) is 11.3 Å². The van der Waals surface area contributed by atoms with Crippen molar-refractivity contribution in [3.63, 3.8) is 0 Å². The van der Waals surface area contributed by atoms with Gasteiger partial charge in [-0.3, -0.25) is 9.48 Å². The van der Waals surface area contributed by atoms with Crippen molar-refractivity contribution in [2.24, 2.45) is 5.92 Å². The topological polar surface area (TPSA) is 102 Å². The number of thiophene rings is 1. The summed E-state index contributed by atoms with van der Waals surface area (Å²) in [5, 5.41) is 19.7. The van der Waals surface area contributed by atoms with E-state index >= 15 is 0 Å².